The Kier molecular flexibility index (Phi) is 4.41. The Morgan fingerprint density at radius 1 is 1.15 bits per heavy atom. The van der Waals surface area contributed by atoms with Crippen LogP contribution in [0.2, 0.25) is 0 Å². The van der Waals surface area contributed by atoms with Gasteiger partial charge in [-0.2, -0.15) is 5.10 Å². The van der Waals surface area contributed by atoms with Crippen LogP contribution in [0.25, 0.3) is 0 Å². The van der Waals surface area contributed by atoms with Gasteiger partial charge >= 0.3 is 0 Å². The molecule has 6 nitrogen and oxygen atoms in total. The number of fused-ring (bicyclic) bond motifs is 1. The van der Waals surface area contributed by atoms with E-state index in [9.17, 15) is 4.79 Å². The normalized spacial score (nSPS) is 13.4. The zero-order valence-electron chi connectivity index (χ0n) is 14.5. The highest BCUT2D eigenvalue weighted by atomic mass is 16.5. The van der Waals surface area contributed by atoms with Crippen molar-refractivity contribution in [2.24, 2.45) is 0 Å². The molecule has 0 unspecified atom stereocenters. The zero-order valence-corrected chi connectivity index (χ0v) is 14.5. The number of aromatic nitrogens is 2. The number of H-pyrrole nitrogens is 1. The first-order valence-corrected chi connectivity index (χ1v) is 8.51. The lowest BCUT2D eigenvalue weighted by molar-refractivity contribution is 0.102. The molecule has 2 N–H and O–H groups in total. The number of methoxy groups -OCH3 is 1. The van der Waals surface area contributed by atoms with Gasteiger partial charge in [-0.15, -0.1) is 0 Å². The molecule has 0 fully saturated rings. The third-order valence-electron chi connectivity index (χ3n) is 4.55. The number of hydrogen-bond acceptors (Lipinski definition) is 4. The molecular formula is C20H20N4O2. The summed E-state index contributed by atoms with van der Waals surface area (Å²) in [5, 5.41) is 10.2. The maximum atomic E-state index is 12.5. The molecule has 2 aromatic carbocycles. The standard InChI is InChI=1S/C20H20N4O2/c1-26-16-9-7-15(8-10-16)20(25)21-19-17-12-24(13-18(17)22-23-19)11-14-5-3-2-4-6-14/h2-10H,11-13H2,1H3,(H2,21,22,23,25). The number of amides is 1. The number of carbonyl (C=O) groups excluding carboxylic acids is 1. The number of ether oxygens (including phenoxy) is 1. The predicted molar refractivity (Wildman–Crippen MR) is 98.9 cm³/mol. The molecule has 0 saturated heterocycles. The second-order valence-corrected chi connectivity index (χ2v) is 6.34. The van der Waals surface area contributed by atoms with Crippen LogP contribution in [0.15, 0.2) is 54.6 Å². The van der Waals surface area contributed by atoms with Gasteiger partial charge in [0.1, 0.15) is 11.6 Å². The lowest BCUT2D eigenvalue weighted by Gasteiger charge is -2.15. The van der Waals surface area contributed by atoms with Crippen LogP contribution in [-0.4, -0.2) is 28.1 Å². The molecule has 4 rings (SSSR count). The van der Waals surface area contributed by atoms with Crippen LogP contribution in [0, 0.1) is 0 Å². The molecule has 0 atom stereocenters. The van der Waals surface area contributed by atoms with Crippen molar-refractivity contribution in [3.05, 3.63) is 77.0 Å². The van der Waals surface area contributed by atoms with Crippen LogP contribution in [0.5, 0.6) is 5.75 Å². The van der Waals surface area contributed by atoms with Crippen molar-refractivity contribution in [1.29, 1.82) is 0 Å². The minimum atomic E-state index is -0.166. The molecule has 0 saturated carbocycles. The van der Waals surface area contributed by atoms with E-state index in [-0.39, 0.29) is 5.91 Å². The SMILES string of the molecule is COc1ccc(C(=O)Nc2[nH]nc3c2CN(Cc2ccccc2)C3)cc1. The first-order valence-electron chi connectivity index (χ1n) is 8.51. The van der Waals surface area contributed by atoms with Gasteiger partial charge in [0.2, 0.25) is 0 Å². The van der Waals surface area contributed by atoms with Gasteiger partial charge in [-0.25, -0.2) is 0 Å². The van der Waals surface area contributed by atoms with E-state index in [1.807, 2.05) is 18.2 Å². The van der Waals surface area contributed by atoms with Gasteiger partial charge in [-0.1, -0.05) is 30.3 Å². The molecule has 0 radical (unpaired) electrons. The summed E-state index contributed by atoms with van der Waals surface area (Å²) in [5.74, 6) is 1.23. The van der Waals surface area contributed by atoms with E-state index in [1.54, 1.807) is 31.4 Å². The van der Waals surface area contributed by atoms with Gasteiger partial charge in [0.25, 0.3) is 5.91 Å². The van der Waals surface area contributed by atoms with Crippen molar-refractivity contribution in [1.82, 2.24) is 15.1 Å². The second-order valence-electron chi connectivity index (χ2n) is 6.34. The van der Waals surface area contributed by atoms with Crippen molar-refractivity contribution in [2.45, 2.75) is 19.6 Å². The molecule has 1 amide bonds. The molecule has 0 aliphatic carbocycles. The van der Waals surface area contributed by atoms with E-state index in [1.165, 1.54) is 5.56 Å². The van der Waals surface area contributed by atoms with Gasteiger partial charge in [-0.05, 0) is 29.8 Å². The van der Waals surface area contributed by atoms with E-state index in [4.69, 9.17) is 4.74 Å². The highest BCUT2D eigenvalue weighted by Crippen LogP contribution is 2.28. The smallest absolute Gasteiger partial charge is 0.256 e. The second kappa shape index (κ2) is 7.01. The van der Waals surface area contributed by atoms with E-state index < -0.39 is 0 Å². The number of rotatable bonds is 5. The summed E-state index contributed by atoms with van der Waals surface area (Å²) >= 11 is 0. The Hall–Kier alpha value is -3.12. The van der Waals surface area contributed by atoms with Crippen LogP contribution in [0.4, 0.5) is 5.82 Å². The third-order valence-corrected chi connectivity index (χ3v) is 4.55. The number of carbonyl (C=O) groups is 1. The average Bonchev–Trinajstić information content (AvgIpc) is 3.24. The highest BCUT2D eigenvalue weighted by molar-refractivity contribution is 6.04. The molecule has 0 spiro atoms. The number of benzene rings is 2. The number of anilines is 1. The fraction of sp³-hybridized carbons (Fsp3) is 0.200. The number of nitrogens with zero attached hydrogens (tertiary/aromatic N) is 2. The summed E-state index contributed by atoms with van der Waals surface area (Å²) < 4.78 is 5.12. The van der Waals surface area contributed by atoms with Gasteiger partial charge in [-0.3, -0.25) is 14.8 Å². The Balaban J connectivity index is 1.43. The lowest BCUT2D eigenvalue weighted by atomic mass is 10.2. The van der Waals surface area contributed by atoms with Crippen LogP contribution in [0.1, 0.15) is 27.2 Å². The van der Waals surface area contributed by atoms with E-state index in [2.05, 4.69) is 32.5 Å². The zero-order chi connectivity index (χ0) is 17.9. The van der Waals surface area contributed by atoms with Crippen molar-refractivity contribution >= 4 is 11.7 Å². The summed E-state index contributed by atoms with van der Waals surface area (Å²) in [6.45, 7) is 2.40. The molecule has 0 bridgehead atoms. The molecule has 3 aromatic rings. The predicted octanol–water partition coefficient (Wildman–Crippen LogP) is 3.19. The minimum absolute atomic E-state index is 0.166. The molecule has 6 heteroatoms. The Bertz CT molecular complexity index is 903. The summed E-state index contributed by atoms with van der Waals surface area (Å²) in [4.78, 5) is 14.8. The molecular weight excluding hydrogens is 328 g/mol. The van der Waals surface area contributed by atoms with E-state index in [0.29, 0.717) is 11.4 Å². The third kappa shape index (κ3) is 3.32. The maximum absolute atomic E-state index is 12.5. The quantitative estimate of drug-likeness (QED) is 0.743. The number of aromatic amines is 1. The van der Waals surface area contributed by atoms with Gasteiger partial charge in [0.05, 0.1) is 12.8 Å². The fourth-order valence-electron chi connectivity index (χ4n) is 3.18. The first-order chi connectivity index (χ1) is 12.7. The topological polar surface area (TPSA) is 70.2 Å². The summed E-state index contributed by atoms with van der Waals surface area (Å²) in [6, 6.07) is 17.4. The van der Waals surface area contributed by atoms with Crippen molar-refractivity contribution < 1.29 is 9.53 Å². The van der Waals surface area contributed by atoms with Crippen LogP contribution in [-0.2, 0) is 19.6 Å². The molecule has 1 aliphatic heterocycles. The van der Waals surface area contributed by atoms with E-state index >= 15 is 0 Å². The Morgan fingerprint density at radius 2 is 1.92 bits per heavy atom. The van der Waals surface area contributed by atoms with Crippen LogP contribution in [0.3, 0.4) is 0 Å². The van der Waals surface area contributed by atoms with Gasteiger partial charge in [0, 0.05) is 30.8 Å². The molecule has 1 aliphatic rings. The summed E-state index contributed by atoms with van der Waals surface area (Å²) in [5.41, 5.74) is 3.90. The number of hydrogen-bond donors (Lipinski definition) is 2. The van der Waals surface area contributed by atoms with Gasteiger partial charge < -0.3 is 10.1 Å². The Morgan fingerprint density at radius 3 is 2.65 bits per heavy atom. The number of nitrogens with one attached hydrogen (secondary N) is 2. The summed E-state index contributed by atoms with van der Waals surface area (Å²) in [7, 11) is 1.60. The fourth-order valence-corrected chi connectivity index (χ4v) is 3.18. The summed E-state index contributed by atoms with van der Waals surface area (Å²) in [6.07, 6.45) is 0. The Labute approximate surface area is 151 Å². The molecule has 1 aromatic heterocycles. The largest absolute Gasteiger partial charge is 0.497 e. The van der Waals surface area contributed by atoms with Gasteiger partial charge in [0.15, 0.2) is 0 Å². The maximum Gasteiger partial charge on any atom is 0.256 e. The molecule has 2 heterocycles. The van der Waals surface area contributed by atoms with Crippen molar-refractivity contribution in [2.75, 3.05) is 12.4 Å². The van der Waals surface area contributed by atoms with Crippen molar-refractivity contribution in [3.8, 4) is 5.75 Å². The van der Waals surface area contributed by atoms with Crippen LogP contribution >= 0.6 is 0 Å². The van der Waals surface area contributed by atoms with Crippen LogP contribution < -0.4 is 10.1 Å². The highest BCUT2D eigenvalue weighted by Gasteiger charge is 2.26. The lowest BCUT2D eigenvalue weighted by Crippen LogP contribution is -2.18. The minimum Gasteiger partial charge on any atom is -0.497 e. The van der Waals surface area contributed by atoms with E-state index in [0.717, 1.165) is 36.6 Å². The average molecular weight is 348 g/mol. The molecule has 26 heavy (non-hydrogen) atoms. The first kappa shape index (κ1) is 16.4. The van der Waals surface area contributed by atoms with Crippen molar-refractivity contribution in [3.63, 3.8) is 0 Å². The molecule has 132 valence electrons. The monoisotopic (exact) mass is 348 g/mol.